The number of carbonyl (C=O) groups excluding carboxylic acids is 3. The van der Waals surface area contributed by atoms with Gasteiger partial charge in [0.25, 0.3) is 11.8 Å². The van der Waals surface area contributed by atoms with Crippen LogP contribution in [-0.4, -0.2) is 56.7 Å². The van der Waals surface area contributed by atoms with E-state index in [0.717, 1.165) is 12.8 Å². The van der Waals surface area contributed by atoms with E-state index in [-0.39, 0.29) is 29.6 Å². The summed E-state index contributed by atoms with van der Waals surface area (Å²) in [6.07, 6.45) is 3.44. The molecule has 1 atom stereocenters. The molecule has 1 saturated heterocycles. The average Bonchev–Trinajstić information content (AvgIpc) is 3.45. The lowest BCUT2D eigenvalue weighted by Gasteiger charge is -2.13. The molecule has 4 rings (SSSR count). The van der Waals surface area contributed by atoms with Gasteiger partial charge in [-0.15, -0.1) is 0 Å². The van der Waals surface area contributed by atoms with Crippen LogP contribution in [0.25, 0.3) is 5.69 Å². The zero-order valence-corrected chi connectivity index (χ0v) is 16.4. The molecule has 0 bridgehead atoms. The van der Waals surface area contributed by atoms with Crippen molar-refractivity contribution >= 4 is 23.4 Å². The molecule has 1 unspecified atom stereocenters. The molecule has 0 spiro atoms. The number of nitrogens with one attached hydrogen (secondary N) is 1. The number of hydrogen-bond donors (Lipinski definition) is 3. The minimum atomic E-state index is -1.68. The molecule has 2 aromatic rings. The topological polar surface area (TPSA) is 131 Å². The Kier molecular flexibility index (Phi) is 4.79. The van der Waals surface area contributed by atoms with Crippen molar-refractivity contribution in [2.75, 3.05) is 18.9 Å². The highest BCUT2D eigenvalue weighted by molar-refractivity contribution is 6.02. The van der Waals surface area contributed by atoms with Crippen molar-refractivity contribution in [2.24, 2.45) is 11.7 Å². The molecule has 1 aromatic carbocycles. The zero-order valence-electron chi connectivity index (χ0n) is 16.4. The standard InChI is InChI=1S/C21H21N5O4/c1-25-10-9-21(30,20(25)29)8-7-13-3-2-4-15(11-13)26-12-16(17(24-26)18(22)27)23-19(28)14-5-6-14/h2-4,11-12,14,30H,5-6,9-10H2,1H3,(H2,22,27)(H,23,28). The lowest BCUT2D eigenvalue weighted by atomic mass is 10.0. The predicted octanol–water partition coefficient (Wildman–Crippen LogP) is 0.264. The van der Waals surface area contributed by atoms with E-state index >= 15 is 0 Å². The van der Waals surface area contributed by atoms with Gasteiger partial charge in [-0.1, -0.05) is 17.9 Å². The van der Waals surface area contributed by atoms with Gasteiger partial charge in [0, 0.05) is 31.5 Å². The van der Waals surface area contributed by atoms with E-state index in [1.54, 1.807) is 31.3 Å². The minimum absolute atomic E-state index is 0.0316. The lowest BCUT2D eigenvalue weighted by molar-refractivity contribution is -0.137. The van der Waals surface area contributed by atoms with Crippen molar-refractivity contribution < 1.29 is 19.5 Å². The van der Waals surface area contributed by atoms with Crippen molar-refractivity contribution in [1.29, 1.82) is 0 Å². The first kappa shape index (κ1) is 19.7. The fourth-order valence-electron chi connectivity index (χ4n) is 3.23. The maximum Gasteiger partial charge on any atom is 0.271 e. The fourth-order valence-corrected chi connectivity index (χ4v) is 3.23. The van der Waals surface area contributed by atoms with Crippen LogP contribution in [0.4, 0.5) is 5.69 Å². The monoisotopic (exact) mass is 407 g/mol. The Morgan fingerprint density at radius 1 is 1.37 bits per heavy atom. The number of nitrogens with zero attached hydrogens (tertiary/aromatic N) is 3. The van der Waals surface area contributed by atoms with E-state index in [1.165, 1.54) is 15.8 Å². The normalized spacial score (nSPS) is 20.6. The second-order valence-electron chi connectivity index (χ2n) is 7.60. The third-order valence-electron chi connectivity index (χ3n) is 5.19. The molecular weight excluding hydrogens is 386 g/mol. The maximum absolute atomic E-state index is 12.1. The van der Waals surface area contributed by atoms with Crippen molar-refractivity contribution in [2.45, 2.75) is 24.9 Å². The van der Waals surface area contributed by atoms with Gasteiger partial charge in [-0.3, -0.25) is 14.4 Å². The highest BCUT2D eigenvalue weighted by Gasteiger charge is 2.42. The summed E-state index contributed by atoms with van der Waals surface area (Å²) in [5.74, 6) is 4.15. The van der Waals surface area contributed by atoms with E-state index in [2.05, 4.69) is 22.3 Å². The quantitative estimate of drug-likeness (QED) is 0.626. The summed E-state index contributed by atoms with van der Waals surface area (Å²) in [5, 5.41) is 17.3. The Hall–Kier alpha value is -3.64. The third kappa shape index (κ3) is 3.77. The van der Waals surface area contributed by atoms with Gasteiger partial charge >= 0.3 is 0 Å². The molecule has 2 heterocycles. The van der Waals surface area contributed by atoms with Crippen LogP contribution >= 0.6 is 0 Å². The summed E-state index contributed by atoms with van der Waals surface area (Å²) >= 11 is 0. The summed E-state index contributed by atoms with van der Waals surface area (Å²) in [6, 6.07) is 6.92. The molecule has 9 nitrogen and oxygen atoms in total. The minimum Gasteiger partial charge on any atom is -0.369 e. The maximum atomic E-state index is 12.1. The molecule has 9 heteroatoms. The molecule has 1 aromatic heterocycles. The molecule has 2 aliphatic rings. The summed E-state index contributed by atoms with van der Waals surface area (Å²) in [6.45, 7) is 0.447. The first-order valence-corrected chi connectivity index (χ1v) is 9.59. The molecule has 154 valence electrons. The number of anilines is 1. The number of primary amides is 1. The number of carbonyl (C=O) groups is 3. The first-order chi connectivity index (χ1) is 14.3. The van der Waals surface area contributed by atoms with Crippen LogP contribution in [0.15, 0.2) is 30.5 Å². The summed E-state index contributed by atoms with van der Waals surface area (Å²) < 4.78 is 1.43. The van der Waals surface area contributed by atoms with E-state index in [9.17, 15) is 19.5 Å². The molecule has 1 aliphatic heterocycles. The second kappa shape index (κ2) is 7.31. The second-order valence-corrected chi connectivity index (χ2v) is 7.60. The van der Waals surface area contributed by atoms with E-state index in [4.69, 9.17) is 5.73 Å². The Balaban J connectivity index is 1.61. The van der Waals surface area contributed by atoms with Crippen LogP contribution < -0.4 is 11.1 Å². The number of nitrogens with two attached hydrogens (primary N) is 1. The van der Waals surface area contributed by atoms with Gasteiger partial charge in [0.2, 0.25) is 11.5 Å². The number of amides is 3. The summed E-state index contributed by atoms with van der Waals surface area (Å²) in [4.78, 5) is 37.3. The Bertz CT molecular complexity index is 1110. The molecule has 3 amide bonds. The lowest BCUT2D eigenvalue weighted by Crippen LogP contribution is -2.37. The van der Waals surface area contributed by atoms with Crippen molar-refractivity contribution in [3.05, 3.63) is 41.7 Å². The highest BCUT2D eigenvalue weighted by Crippen LogP contribution is 2.31. The molecule has 4 N–H and O–H groups in total. The number of hydrogen-bond acceptors (Lipinski definition) is 5. The van der Waals surface area contributed by atoms with Crippen LogP contribution in [0.2, 0.25) is 0 Å². The summed E-state index contributed by atoms with van der Waals surface area (Å²) in [7, 11) is 1.62. The van der Waals surface area contributed by atoms with Crippen LogP contribution in [0.3, 0.4) is 0 Å². The van der Waals surface area contributed by atoms with Crippen molar-refractivity contribution in [3.63, 3.8) is 0 Å². The van der Waals surface area contributed by atoms with Crippen molar-refractivity contribution in [1.82, 2.24) is 14.7 Å². The molecule has 1 aliphatic carbocycles. The molecule has 30 heavy (non-hydrogen) atoms. The highest BCUT2D eigenvalue weighted by atomic mass is 16.3. The van der Waals surface area contributed by atoms with Crippen molar-refractivity contribution in [3.8, 4) is 17.5 Å². The first-order valence-electron chi connectivity index (χ1n) is 9.59. The van der Waals surface area contributed by atoms with E-state index < -0.39 is 17.4 Å². The van der Waals surface area contributed by atoms with Gasteiger partial charge in [0.15, 0.2) is 5.69 Å². The number of rotatable bonds is 4. The summed E-state index contributed by atoms with van der Waals surface area (Å²) in [5.41, 5.74) is 5.08. The number of aliphatic hydroxyl groups is 1. The van der Waals surface area contributed by atoms with Gasteiger partial charge in [-0.05, 0) is 31.0 Å². The number of likely N-dealkylation sites (N-methyl/N-ethyl adjacent to an activating group) is 1. The largest absolute Gasteiger partial charge is 0.369 e. The Morgan fingerprint density at radius 2 is 2.13 bits per heavy atom. The van der Waals surface area contributed by atoms with Gasteiger partial charge < -0.3 is 21.1 Å². The molecule has 2 fully saturated rings. The predicted molar refractivity (Wildman–Crippen MR) is 108 cm³/mol. The number of likely N-dealkylation sites (tertiary alicyclic amines) is 1. The zero-order chi connectivity index (χ0) is 21.5. The van der Waals surface area contributed by atoms with Gasteiger partial charge in [-0.2, -0.15) is 5.10 Å². The average molecular weight is 407 g/mol. The molecular formula is C21H21N5O4. The molecule has 1 saturated carbocycles. The number of aromatic nitrogens is 2. The van der Waals surface area contributed by atoms with Crippen LogP contribution in [0.5, 0.6) is 0 Å². The Morgan fingerprint density at radius 3 is 2.77 bits per heavy atom. The smallest absolute Gasteiger partial charge is 0.271 e. The van der Waals surface area contributed by atoms with E-state index in [1.807, 2.05) is 0 Å². The van der Waals surface area contributed by atoms with Crippen LogP contribution in [-0.2, 0) is 9.59 Å². The SMILES string of the molecule is CN1CCC(O)(C#Cc2cccc(-n3cc(NC(=O)C4CC4)c(C(N)=O)n3)c2)C1=O. The van der Waals surface area contributed by atoms with E-state index in [0.29, 0.717) is 17.8 Å². The van der Waals surface area contributed by atoms with Gasteiger partial charge in [0.1, 0.15) is 0 Å². The van der Waals surface area contributed by atoms with Crippen LogP contribution in [0.1, 0.15) is 35.3 Å². The third-order valence-corrected chi connectivity index (χ3v) is 5.19. The Labute approximate surface area is 172 Å². The number of benzene rings is 1. The molecule has 0 radical (unpaired) electrons. The fraction of sp³-hybridized carbons (Fsp3) is 0.333. The van der Waals surface area contributed by atoms with Gasteiger partial charge in [-0.25, -0.2) is 4.68 Å². The van der Waals surface area contributed by atoms with Gasteiger partial charge in [0.05, 0.1) is 17.6 Å². The van der Waals surface area contributed by atoms with Crippen LogP contribution in [0, 0.1) is 17.8 Å².